The number of carbonyl (C=O) groups is 1. The number of aromatic nitrogens is 2. The van der Waals surface area contributed by atoms with Crippen molar-refractivity contribution in [3.63, 3.8) is 0 Å². The third kappa shape index (κ3) is 2.06. The number of halogens is 1. The highest BCUT2D eigenvalue weighted by atomic mass is 79.9. The van der Waals surface area contributed by atoms with E-state index in [2.05, 4.69) is 21.0 Å². The molecule has 1 atom stereocenters. The SMILES string of the molecule is Cn1nc(C(=O)N2CCCC2CBr)c2ccccc21. The molecule has 0 spiro atoms. The molecule has 1 aromatic heterocycles. The van der Waals surface area contributed by atoms with E-state index in [1.807, 2.05) is 36.2 Å². The molecule has 2 heterocycles. The van der Waals surface area contributed by atoms with Gasteiger partial charge in [-0.15, -0.1) is 0 Å². The highest BCUT2D eigenvalue weighted by Gasteiger charge is 2.30. The molecule has 100 valence electrons. The number of hydrogen-bond donors (Lipinski definition) is 0. The minimum absolute atomic E-state index is 0.0544. The van der Waals surface area contributed by atoms with Crippen molar-refractivity contribution in [1.82, 2.24) is 14.7 Å². The summed E-state index contributed by atoms with van der Waals surface area (Å²) >= 11 is 3.49. The minimum Gasteiger partial charge on any atom is -0.333 e. The van der Waals surface area contributed by atoms with Gasteiger partial charge in [0.2, 0.25) is 0 Å². The second kappa shape index (κ2) is 4.96. The number of likely N-dealkylation sites (tertiary alicyclic amines) is 1. The average molecular weight is 322 g/mol. The lowest BCUT2D eigenvalue weighted by Gasteiger charge is -2.22. The maximum Gasteiger partial charge on any atom is 0.275 e. The molecule has 1 aliphatic heterocycles. The lowest BCUT2D eigenvalue weighted by Crippen LogP contribution is -2.36. The number of amides is 1. The molecule has 1 aliphatic rings. The second-order valence-electron chi connectivity index (χ2n) is 4.94. The first-order valence-corrected chi connectivity index (χ1v) is 7.63. The van der Waals surface area contributed by atoms with E-state index in [9.17, 15) is 4.79 Å². The zero-order valence-corrected chi connectivity index (χ0v) is 12.4. The average Bonchev–Trinajstić information content (AvgIpc) is 3.03. The number of rotatable bonds is 2. The molecular formula is C14H16BrN3O. The summed E-state index contributed by atoms with van der Waals surface area (Å²) in [5.41, 5.74) is 1.58. The van der Waals surface area contributed by atoms with Crippen LogP contribution in [-0.2, 0) is 7.05 Å². The number of aryl methyl sites for hydroxylation is 1. The Morgan fingerprint density at radius 3 is 3.05 bits per heavy atom. The fourth-order valence-corrected chi connectivity index (χ4v) is 3.44. The summed E-state index contributed by atoms with van der Waals surface area (Å²) in [6.07, 6.45) is 2.15. The van der Waals surface area contributed by atoms with Crippen LogP contribution < -0.4 is 0 Å². The van der Waals surface area contributed by atoms with E-state index in [-0.39, 0.29) is 5.91 Å². The lowest BCUT2D eigenvalue weighted by atomic mass is 10.2. The Hall–Kier alpha value is -1.36. The van der Waals surface area contributed by atoms with Gasteiger partial charge in [-0.2, -0.15) is 5.10 Å². The molecule has 4 nitrogen and oxygen atoms in total. The smallest absolute Gasteiger partial charge is 0.275 e. The summed E-state index contributed by atoms with van der Waals surface area (Å²) in [6.45, 7) is 0.833. The molecule has 1 amide bonds. The second-order valence-corrected chi connectivity index (χ2v) is 5.59. The zero-order chi connectivity index (χ0) is 13.4. The topological polar surface area (TPSA) is 38.1 Å². The van der Waals surface area contributed by atoms with Crippen LogP contribution in [0.1, 0.15) is 23.3 Å². The molecule has 1 saturated heterocycles. The molecule has 2 aromatic rings. The predicted octanol–water partition coefficient (Wildman–Crippen LogP) is 2.57. The Balaban J connectivity index is 2.02. The summed E-state index contributed by atoms with van der Waals surface area (Å²) in [7, 11) is 1.88. The summed E-state index contributed by atoms with van der Waals surface area (Å²) in [4.78, 5) is 14.6. The number of hydrogen-bond acceptors (Lipinski definition) is 2. The molecule has 0 N–H and O–H groups in total. The van der Waals surface area contributed by atoms with Gasteiger partial charge in [-0.3, -0.25) is 9.48 Å². The van der Waals surface area contributed by atoms with Gasteiger partial charge in [0.25, 0.3) is 5.91 Å². The summed E-state index contributed by atoms with van der Waals surface area (Å²) in [5.74, 6) is 0.0544. The first-order valence-electron chi connectivity index (χ1n) is 6.51. The van der Waals surface area contributed by atoms with Crippen molar-refractivity contribution in [2.24, 2.45) is 7.05 Å². The van der Waals surface area contributed by atoms with Gasteiger partial charge in [0.1, 0.15) is 0 Å². The summed E-state index contributed by atoms with van der Waals surface area (Å²) in [5, 5.41) is 6.19. The van der Waals surface area contributed by atoms with Crippen LogP contribution in [-0.4, -0.2) is 38.5 Å². The van der Waals surface area contributed by atoms with E-state index in [1.165, 1.54) is 0 Å². The Labute approximate surface area is 120 Å². The van der Waals surface area contributed by atoms with E-state index < -0.39 is 0 Å². The Bertz CT molecular complexity index is 622. The number of carbonyl (C=O) groups excluding carboxylic acids is 1. The Kier molecular flexibility index (Phi) is 3.31. The van der Waals surface area contributed by atoms with Crippen LogP contribution in [0, 0.1) is 0 Å². The number of fused-ring (bicyclic) bond motifs is 1. The van der Waals surface area contributed by atoms with Crippen molar-refractivity contribution in [1.29, 1.82) is 0 Å². The Morgan fingerprint density at radius 1 is 1.47 bits per heavy atom. The van der Waals surface area contributed by atoms with Gasteiger partial charge in [-0.25, -0.2) is 0 Å². The molecule has 0 aliphatic carbocycles. The molecule has 5 heteroatoms. The molecule has 0 saturated carbocycles. The van der Waals surface area contributed by atoms with Gasteiger partial charge < -0.3 is 4.90 Å². The van der Waals surface area contributed by atoms with E-state index >= 15 is 0 Å². The van der Waals surface area contributed by atoms with Crippen molar-refractivity contribution >= 4 is 32.7 Å². The minimum atomic E-state index is 0.0544. The molecule has 3 rings (SSSR count). The van der Waals surface area contributed by atoms with Gasteiger partial charge in [0, 0.05) is 30.4 Å². The maximum atomic E-state index is 12.7. The van der Waals surface area contributed by atoms with Crippen LogP contribution >= 0.6 is 15.9 Å². The molecular weight excluding hydrogens is 306 g/mol. The molecule has 0 radical (unpaired) electrons. The lowest BCUT2D eigenvalue weighted by molar-refractivity contribution is 0.0745. The zero-order valence-electron chi connectivity index (χ0n) is 10.8. The van der Waals surface area contributed by atoms with Gasteiger partial charge in [0.15, 0.2) is 5.69 Å². The normalized spacial score (nSPS) is 19.3. The van der Waals surface area contributed by atoms with Crippen LogP contribution in [0.2, 0.25) is 0 Å². The van der Waals surface area contributed by atoms with E-state index in [0.717, 1.165) is 35.6 Å². The summed E-state index contributed by atoms with van der Waals surface area (Å²) < 4.78 is 1.78. The van der Waals surface area contributed by atoms with Gasteiger partial charge >= 0.3 is 0 Å². The van der Waals surface area contributed by atoms with Crippen molar-refractivity contribution in [2.75, 3.05) is 11.9 Å². The van der Waals surface area contributed by atoms with Crippen molar-refractivity contribution in [2.45, 2.75) is 18.9 Å². The quantitative estimate of drug-likeness (QED) is 0.797. The van der Waals surface area contributed by atoms with Gasteiger partial charge in [-0.1, -0.05) is 34.1 Å². The number of nitrogens with zero attached hydrogens (tertiary/aromatic N) is 3. The van der Waals surface area contributed by atoms with E-state index in [4.69, 9.17) is 0 Å². The van der Waals surface area contributed by atoms with Crippen molar-refractivity contribution in [3.8, 4) is 0 Å². The third-order valence-electron chi connectivity index (χ3n) is 3.78. The Morgan fingerprint density at radius 2 is 2.26 bits per heavy atom. The number of para-hydroxylation sites is 1. The first-order chi connectivity index (χ1) is 9.22. The molecule has 1 unspecified atom stereocenters. The van der Waals surface area contributed by atoms with Crippen LogP contribution in [0.4, 0.5) is 0 Å². The van der Waals surface area contributed by atoms with Gasteiger partial charge in [-0.05, 0) is 18.9 Å². The van der Waals surface area contributed by atoms with Crippen molar-refractivity contribution in [3.05, 3.63) is 30.0 Å². The van der Waals surface area contributed by atoms with Crippen molar-refractivity contribution < 1.29 is 4.79 Å². The summed E-state index contributed by atoms with van der Waals surface area (Å²) in [6, 6.07) is 8.18. The highest BCUT2D eigenvalue weighted by Crippen LogP contribution is 2.24. The standard InChI is InChI=1S/C14H16BrN3O/c1-17-12-7-3-2-6-11(12)13(16-17)14(19)18-8-4-5-10(18)9-15/h2-3,6-7,10H,4-5,8-9H2,1H3. The number of alkyl halides is 1. The van der Waals surface area contributed by atoms with Crippen LogP contribution in [0.3, 0.4) is 0 Å². The van der Waals surface area contributed by atoms with E-state index in [0.29, 0.717) is 11.7 Å². The van der Waals surface area contributed by atoms with Crippen LogP contribution in [0.5, 0.6) is 0 Å². The fourth-order valence-electron chi connectivity index (χ4n) is 2.77. The third-order valence-corrected chi connectivity index (χ3v) is 4.52. The molecule has 1 aromatic carbocycles. The van der Waals surface area contributed by atoms with Crippen LogP contribution in [0.15, 0.2) is 24.3 Å². The predicted molar refractivity (Wildman–Crippen MR) is 78.6 cm³/mol. The molecule has 1 fully saturated rings. The largest absolute Gasteiger partial charge is 0.333 e. The maximum absolute atomic E-state index is 12.7. The molecule has 0 bridgehead atoms. The monoisotopic (exact) mass is 321 g/mol. The molecule has 19 heavy (non-hydrogen) atoms. The van der Waals surface area contributed by atoms with Crippen LogP contribution in [0.25, 0.3) is 10.9 Å². The van der Waals surface area contributed by atoms with Gasteiger partial charge in [0.05, 0.1) is 5.52 Å². The first kappa shape index (κ1) is 12.7. The highest BCUT2D eigenvalue weighted by molar-refractivity contribution is 9.09. The fraction of sp³-hybridized carbons (Fsp3) is 0.429. The van der Waals surface area contributed by atoms with E-state index in [1.54, 1.807) is 4.68 Å². The number of benzene rings is 1.